The highest BCUT2D eigenvalue weighted by Gasteiger charge is 2.01. The van der Waals surface area contributed by atoms with Gasteiger partial charge in [-0.15, -0.1) is 0 Å². The molecule has 0 spiro atoms. The Morgan fingerprint density at radius 3 is 3.11 bits per heavy atom. The van der Waals surface area contributed by atoms with Crippen LogP contribution in [0.15, 0.2) is 18.3 Å². The van der Waals surface area contributed by atoms with Crippen LogP contribution in [0.25, 0.3) is 0 Å². The number of amides is 2. The summed E-state index contributed by atoms with van der Waals surface area (Å²) >= 11 is 0. The van der Waals surface area contributed by atoms with Crippen LogP contribution in [0.3, 0.4) is 0 Å². The number of aliphatic hydroxyl groups excluding tert-OH is 1. The van der Waals surface area contributed by atoms with Gasteiger partial charge >= 0.3 is 6.03 Å². The smallest absolute Gasteiger partial charge is 0.320 e. The SMILES string of the molecule is CCCNC(=O)Nc1cc(C#CCCO)ccn1. The second-order valence-corrected chi connectivity index (χ2v) is 3.59. The van der Waals surface area contributed by atoms with Crippen molar-refractivity contribution >= 4 is 11.8 Å². The summed E-state index contributed by atoms with van der Waals surface area (Å²) in [5.74, 6) is 6.15. The first-order valence-corrected chi connectivity index (χ1v) is 5.87. The van der Waals surface area contributed by atoms with E-state index in [1.807, 2.05) is 6.92 Å². The van der Waals surface area contributed by atoms with Gasteiger partial charge in [0.2, 0.25) is 0 Å². The van der Waals surface area contributed by atoms with E-state index in [0.717, 1.165) is 12.0 Å². The summed E-state index contributed by atoms with van der Waals surface area (Å²) < 4.78 is 0. The predicted octanol–water partition coefficient (Wildman–Crippen LogP) is 1.35. The van der Waals surface area contributed by atoms with Gasteiger partial charge in [-0.25, -0.2) is 9.78 Å². The van der Waals surface area contributed by atoms with Crippen LogP contribution >= 0.6 is 0 Å². The highest BCUT2D eigenvalue weighted by molar-refractivity contribution is 5.88. The summed E-state index contributed by atoms with van der Waals surface area (Å²) in [4.78, 5) is 15.4. The molecule has 5 nitrogen and oxygen atoms in total. The molecule has 18 heavy (non-hydrogen) atoms. The van der Waals surface area contributed by atoms with Crippen LogP contribution in [0.5, 0.6) is 0 Å². The third-order valence-electron chi connectivity index (χ3n) is 2.01. The number of carbonyl (C=O) groups excluding carboxylic acids is 1. The Hall–Kier alpha value is -2.06. The van der Waals surface area contributed by atoms with Crippen molar-refractivity contribution in [2.45, 2.75) is 19.8 Å². The van der Waals surface area contributed by atoms with Gasteiger partial charge in [-0.3, -0.25) is 5.32 Å². The third kappa shape index (κ3) is 5.32. The van der Waals surface area contributed by atoms with E-state index in [0.29, 0.717) is 18.8 Å². The summed E-state index contributed by atoms with van der Waals surface area (Å²) in [6, 6.07) is 3.17. The van der Waals surface area contributed by atoms with E-state index in [1.165, 1.54) is 0 Å². The summed E-state index contributed by atoms with van der Waals surface area (Å²) in [6.45, 7) is 2.65. The Labute approximate surface area is 107 Å². The molecule has 0 bridgehead atoms. The molecular weight excluding hydrogens is 230 g/mol. The minimum atomic E-state index is -0.273. The van der Waals surface area contributed by atoms with E-state index in [4.69, 9.17) is 5.11 Å². The Balaban J connectivity index is 2.60. The number of urea groups is 1. The fourth-order valence-electron chi connectivity index (χ4n) is 1.20. The van der Waals surface area contributed by atoms with Gasteiger partial charge in [0, 0.05) is 24.7 Å². The van der Waals surface area contributed by atoms with Crippen molar-refractivity contribution in [1.29, 1.82) is 0 Å². The topological polar surface area (TPSA) is 74.2 Å². The standard InChI is InChI=1S/C13H17N3O2/c1-2-7-15-13(18)16-12-10-11(6-8-14-12)5-3-4-9-17/h6,8,10,17H,2,4,7,9H2,1H3,(H2,14,15,16,18). The lowest BCUT2D eigenvalue weighted by atomic mass is 10.2. The van der Waals surface area contributed by atoms with Gasteiger partial charge in [-0.05, 0) is 18.6 Å². The van der Waals surface area contributed by atoms with Gasteiger partial charge in [0.15, 0.2) is 0 Å². The van der Waals surface area contributed by atoms with Crippen LogP contribution in [0.4, 0.5) is 10.6 Å². The second kappa shape index (κ2) is 8.09. The Bertz CT molecular complexity index is 449. The molecule has 1 aromatic heterocycles. The van der Waals surface area contributed by atoms with Gasteiger partial charge in [0.05, 0.1) is 6.61 Å². The summed E-state index contributed by atoms with van der Waals surface area (Å²) in [7, 11) is 0. The fourth-order valence-corrected chi connectivity index (χ4v) is 1.20. The quantitative estimate of drug-likeness (QED) is 0.703. The molecule has 0 unspecified atom stereocenters. The fraction of sp³-hybridized carbons (Fsp3) is 0.385. The molecule has 96 valence electrons. The number of rotatable bonds is 4. The molecule has 0 saturated heterocycles. The van der Waals surface area contributed by atoms with Crippen LogP contribution in [0, 0.1) is 11.8 Å². The number of hydrogen-bond acceptors (Lipinski definition) is 3. The van der Waals surface area contributed by atoms with Gasteiger partial charge in [-0.1, -0.05) is 18.8 Å². The van der Waals surface area contributed by atoms with Crippen LogP contribution in [-0.2, 0) is 0 Å². The van der Waals surface area contributed by atoms with Gasteiger partial charge < -0.3 is 10.4 Å². The Morgan fingerprint density at radius 1 is 1.56 bits per heavy atom. The van der Waals surface area contributed by atoms with E-state index in [-0.39, 0.29) is 12.6 Å². The maximum atomic E-state index is 11.4. The predicted molar refractivity (Wildman–Crippen MR) is 70.1 cm³/mol. The molecule has 1 aromatic rings. The van der Waals surface area contributed by atoms with E-state index >= 15 is 0 Å². The maximum Gasteiger partial charge on any atom is 0.320 e. The zero-order chi connectivity index (χ0) is 13.2. The summed E-state index contributed by atoms with van der Waals surface area (Å²) in [5.41, 5.74) is 0.754. The van der Waals surface area contributed by atoms with Gasteiger partial charge in [0.1, 0.15) is 5.82 Å². The number of carbonyl (C=O) groups is 1. The van der Waals surface area contributed by atoms with Crippen molar-refractivity contribution in [2.24, 2.45) is 0 Å². The highest BCUT2D eigenvalue weighted by Crippen LogP contribution is 2.05. The number of aliphatic hydroxyl groups is 1. The Kier molecular flexibility index (Phi) is 6.30. The first-order chi connectivity index (χ1) is 8.76. The van der Waals surface area contributed by atoms with Crippen LogP contribution in [0.2, 0.25) is 0 Å². The molecule has 0 saturated carbocycles. The molecule has 0 aromatic carbocycles. The van der Waals surface area contributed by atoms with Gasteiger partial charge in [-0.2, -0.15) is 0 Å². The zero-order valence-electron chi connectivity index (χ0n) is 10.4. The number of hydrogen-bond donors (Lipinski definition) is 3. The molecule has 0 radical (unpaired) electrons. The maximum absolute atomic E-state index is 11.4. The molecule has 0 atom stereocenters. The monoisotopic (exact) mass is 247 g/mol. The van der Waals surface area contributed by atoms with Gasteiger partial charge in [0.25, 0.3) is 0 Å². The molecule has 0 aliphatic rings. The molecule has 0 aliphatic heterocycles. The van der Waals surface area contributed by atoms with E-state index in [9.17, 15) is 4.79 Å². The van der Waals surface area contributed by atoms with E-state index in [2.05, 4.69) is 27.5 Å². The summed E-state index contributed by atoms with van der Waals surface area (Å²) in [6.07, 6.45) is 2.90. The average Bonchev–Trinajstić information content (AvgIpc) is 2.37. The number of nitrogens with zero attached hydrogens (tertiary/aromatic N) is 1. The lowest BCUT2D eigenvalue weighted by Gasteiger charge is -2.05. The molecule has 1 rings (SSSR count). The first-order valence-electron chi connectivity index (χ1n) is 5.87. The van der Waals surface area contributed by atoms with Crippen molar-refractivity contribution in [3.63, 3.8) is 0 Å². The number of nitrogens with one attached hydrogen (secondary N) is 2. The number of pyridine rings is 1. The molecule has 2 amide bonds. The minimum Gasteiger partial charge on any atom is -0.395 e. The summed E-state index contributed by atoms with van der Waals surface area (Å²) in [5, 5.41) is 13.9. The van der Waals surface area contributed by atoms with Crippen molar-refractivity contribution in [1.82, 2.24) is 10.3 Å². The van der Waals surface area contributed by atoms with Crippen LogP contribution in [-0.4, -0.2) is 29.3 Å². The van der Waals surface area contributed by atoms with Crippen LogP contribution in [0.1, 0.15) is 25.3 Å². The third-order valence-corrected chi connectivity index (χ3v) is 2.01. The largest absolute Gasteiger partial charge is 0.395 e. The van der Waals surface area contributed by atoms with Crippen LogP contribution < -0.4 is 10.6 Å². The lowest BCUT2D eigenvalue weighted by Crippen LogP contribution is -2.29. The number of anilines is 1. The average molecular weight is 247 g/mol. The van der Waals surface area contributed by atoms with Crippen molar-refractivity contribution < 1.29 is 9.90 Å². The van der Waals surface area contributed by atoms with Crippen molar-refractivity contribution in [3.05, 3.63) is 23.9 Å². The number of aromatic nitrogens is 1. The van der Waals surface area contributed by atoms with Crippen molar-refractivity contribution in [3.8, 4) is 11.8 Å². The second-order valence-electron chi connectivity index (χ2n) is 3.59. The molecular formula is C13H17N3O2. The van der Waals surface area contributed by atoms with E-state index in [1.54, 1.807) is 18.3 Å². The Morgan fingerprint density at radius 2 is 2.39 bits per heavy atom. The van der Waals surface area contributed by atoms with E-state index < -0.39 is 0 Å². The highest BCUT2D eigenvalue weighted by atomic mass is 16.2. The molecule has 1 heterocycles. The minimum absolute atomic E-state index is 0.0443. The molecule has 0 fully saturated rings. The first kappa shape index (κ1) is 14.0. The lowest BCUT2D eigenvalue weighted by molar-refractivity contribution is 0.252. The molecule has 5 heteroatoms. The normalized spacial score (nSPS) is 9.22. The van der Waals surface area contributed by atoms with Crippen molar-refractivity contribution in [2.75, 3.05) is 18.5 Å². The molecule has 3 N–H and O–H groups in total. The zero-order valence-corrected chi connectivity index (χ0v) is 10.4. The molecule has 0 aliphatic carbocycles.